The van der Waals surface area contributed by atoms with Gasteiger partial charge >= 0.3 is 11.9 Å². The molecule has 1 aromatic heterocycles. The van der Waals surface area contributed by atoms with Gasteiger partial charge in [0.25, 0.3) is 0 Å². The van der Waals surface area contributed by atoms with E-state index in [0.717, 1.165) is 10.4 Å². The van der Waals surface area contributed by atoms with Crippen molar-refractivity contribution in [3.05, 3.63) is 43.8 Å². The van der Waals surface area contributed by atoms with Gasteiger partial charge in [-0.2, -0.15) is 0 Å². The van der Waals surface area contributed by atoms with Gasteiger partial charge in [-0.05, 0) is 30.9 Å². The molecule has 9 heteroatoms. The zero-order valence-electron chi connectivity index (χ0n) is 16.5. The number of carbonyl (C=O) groups is 3. The van der Waals surface area contributed by atoms with Crippen molar-refractivity contribution in [1.29, 1.82) is 0 Å². The van der Waals surface area contributed by atoms with Gasteiger partial charge in [0.05, 0.1) is 36.3 Å². The van der Waals surface area contributed by atoms with Crippen molar-refractivity contribution in [3.8, 4) is 0 Å². The Hall–Kier alpha value is -2.26. The van der Waals surface area contributed by atoms with Crippen molar-refractivity contribution in [2.24, 2.45) is 0 Å². The molecule has 0 bridgehead atoms. The number of rotatable bonds is 8. The number of hydrogen-bond acceptors (Lipinski definition) is 8. The molecule has 0 radical (unpaired) electrons. The van der Waals surface area contributed by atoms with Crippen molar-refractivity contribution in [2.75, 3.05) is 33.6 Å². The van der Waals surface area contributed by atoms with Crippen LogP contribution >= 0.6 is 23.1 Å². The van der Waals surface area contributed by atoms with Crippen molar-refractivity contribution in [3.63, 3.8) is 0 Å². The molecule has 7 nitrogen and oxygen atoms in total. The van der Waals surface area contributed by atoms with Crippen LogP contribution in [-0.2, 0) is 23.9 Å². The Morgan fingerprint density at radius 2 is 1.89 bits per heavy atom. The summed E-state index contributed by atoms with van der Waals surface area (Å²) in [5, 5.41) is 5.24. The Balaban J connectivity index is 2.66. The molecular formula is C19H24N2O5S2. The largest absolute Gasteiger partial charge is 0.466 e. The molecule has 1 atom stereocenters. The third kappa shape index (κ3) is 4.25. The van der Waals surface area contributed by atoms with E-state index in [9.17, 15) is 14.4 Å². The molecule has 0 spiro atoms. The third-order valence-electron chi connectivity index (χ3n) is 4.59. The molecule has 0 aliphatic carbocycles. The van der Waals surface area contributed by atoms with Crippen LogP contribution < -0.4 is 5.32 Å². The normalized spacial score (nSPS) is 16.9. The first kappa shape index (κ1) is 22.0. The maximum Gasteiger partial charge on any atom is 0.337 e. The van der Waals surface area contributed by atoms with Crippen LogP contribution in [0.3, 0.4) is 0 Å². The van der Waals surface area contributed by atoms with Crippen LogP contribution in [-0.4, -0.2) is 56.8 Å². The summed E-state index contributed by atoms with van der Waals surface area (Å²) in [6.07, 6.45) is 0.638. The topological polar surface area (TPSA) is 84.9 Å². The van der Waals surface area contributed by atoms with Crippen LogP contribution in [0.5, 0.6) is 0 Å². The van der Waals surface area contributed by atoms with Crippen LogP contribution in [0.1, 0.15) is 23.3 Å². The lowest BCUT2D eigenvalue weighted by Crippen LogP contribution is -2.33. The minimum Gasteiger partial charge on any atom is -0.466 e. The fourth-order valence-corrected chi connectivity index (χ4v) is 4.97. The highest BCUT2D eigenvalue weighted by molar-refractivity contribution is 8.03. The second-order valence-corrected chi connectivity index (χ2v) is 8.25. The molecule has 1 aliphatic heterocycles. The average molecular weight is 425 g/mol. The molecule has 1 aliphatic rings. The van der Waals surface area contributed by atoms with Gasteiger partial charge in [0, 0.05) is 29.9 Å². The van der Waals surface area contributed by atoms with Gasteiger partial charge in [0.15, 0.2) is 0 Å². The number of methoxy groups -OCH3 is 2. The van der Waals surface area contributed by atoms with Crippen molar-refractivity contribution < 1.29 is 23.9 Å². The quantitative estimate of drug-likeness (QED) is 0.390. The molecule has 1 aromatic rings. The van der Waals surface area contributed by atoms with Crippen molar-refractivity contribution in [1.82, 2.24) is 10.2 Å². The summed E-state index contributed by atoms with van der Waals surface area (Å²) in [7, 11) is 4.45. The molecule has 28 heavy (non-hydrogen) atoms. The Kier molecular flexibility index (Phi) is 7.70. The maximum absolute atomic E-state index is 12.8. The lowest BCUT2D eigenvalue weighted by molar-refractivity contribution is -0.137. The fourth-order valence-electron chi connectivity index (χ4n) is 3.13. The predicted octanol–water partition coefficient (Wildman–Crippen LogP) is 2.40. The van der Waals surface area contributed by atoms with E-state index in [1.54, 1.807) is 18.4 Å². The molecule has 2 rings (SSSR count). The zero-order valence-corrected chi connectivity index (χ0v) is 18.2. The number of thiophene rings is 1. The number of ether oxygens (including phenoxy) is 2. The van der Waals surface area contributed by atoms with E-state index in [1.807, 2.05) is 30.2 Å². The minimum absolute atomic E-state index is 0.397. The summed E-state index contributed by atoms with van der Waals surface area (Å²) in [6, 6.07) is 1.92. The molecule has 1 amide bonds. The van der Waals surface area contributed by atoms with Crippen LogP contribution in [0.2, 0.25) is 0 Å². The van der Waals surface area contributed by atoms with E-state index in [1.165, 1.54) is 26.0 Å². The summed E-state index contributed by atoms with van der Waals surface area (Å²) in [5.41, 5.74) is 2.40. The number of nitrogens with one attached hydrogen (secondary N) is 1. The van der Waals surface area contributed by atoms with E-state index < -0.39 is 17.9 Å². The average Bonchev–Trinajstić information content (AvgIpc) is 3.12. The minimum atomic E-state index is -0.580. The second-order valence-electron chi connectivity index (χ2n) is 6.05. The maximum atomic E-state index is 12.8. The van der Waals surface area contributed by atoms with Crippen LogP contribution in [0.25, 0.3) is 0 Å². The third-order valence-corrected chi connectivity index (χ3v) is 6.63. The molecule has 2 heterocycles. The number of amides is 1. The van der Waals surface area contributed by atoms with Gasteiger partial charge in [-0.3, -0.25) is 4.79 Å². The highest BCUT2D eigenvalue weighted by Gasteiger charge is 2.41. The van der Waals surface area contributed by atoms with E-state index in [0.29, 0.717) is 40.6 Å². The van der Waals surface area contributed by atoms with Crippen LogP contribution in [0.4, 0.5) is 0 Å². The van der Waals surface area contributed by atoms with Crippen LogP contribution in [0, 0.1) is 6.92 Å². The van der Waals surface area contributed by atoms with E-state index in [4.69, 9.17) is 9.47 Å². The number of hydrogen-bond donors (Lipinski definition) is 1. The number of nitrogens with zero attached hydrogens (tertiary/aromatic N) is 1. The molecule has 152 valence electrons. The van der Waals surface area contributed by atoms with Gasteiger partial charge in [-0.15, -0.1) is 23.1 Å². The second kappa shape index (κ2) is 9.79. The molecular weight excluding hydrogens is 400 g/mol. The van der Waals surface area contributed by atoms with Crippen molar-refractivity contribution >= 4 is 41.4 Å². The lowest BCUT2D eigenvalue weighted by atomic mass is 9.81. The molecule has 0 aromatic carbocycles. The number of carbonyl (C=O) groups excluding carboxylic acids is 3. The Labute approximate surface area is 172 Å². The summed E-state index contributed by atoms with van der Waals surface area (Å²) < 4.78 is 10.1. The fraction of sp³-hybridized carbons (Fsp3) is 0.421. The van der Waals surface area contributed by atoms with E-state index in [2.05, 4.69) is 5.32 Å². The van der Waals surface area contributed by atoms with E-state index >= 15 is 0 Å². The molecule has 0 saturated carbocycles. The molecule has 0 fully saturated rings. The highest BCUT2D eigenvalue weighted by atomic mass is 32.2. The first-order chi connectivity index (χ1) is 13.4. The molecule has 1 N–H and O–H groups in total. The summed E-state index contributed by atoms with van der Waals surface area (Å²) in [4.78, 5) is 38.8. The highest BCUT2D eigenvalue weighted by Crippen LogP contribution is 2.46. The SMILES string of the molecule is COC(=O)C1=C(C)N(C)C(SCCNC=O)=C(C(=O)OC)C1c1ccsc1C. The summed E-state index contributed by atoms with van der Waals surface area (Å²) in [5.74, 6) is -0.992. The van der Waals surface area contributed by atoms with E-state index in [-0.39, 0.29) is 0 Å². The van der Waals surface area contributed by atoms with Gasteiger partial charge in [0.2, 0.25) is 6.41 Å². The van der Waals surface area contributed by atoms with Crippen molar-refractivity contribution in [2.45, 2.75) is 19.8 Å². The lowest BCUT2D eigenvalue weighted by Gasteiger charge is -2.36. The Bertz CT molecular complexity index is 828. The standard InChI is InChI=1S/C19H24N2O5S2/c1-11-14(18(23)25-4)15(13-6-8-27-12(13)2)16(19(24)26-5)17(21(11)3)28-9-7-20-10-22/h6,8,10,15H,7,9H2,1-5H3,(H,20,22). The smallest absolute Gasteiger partial charge is 0.337 e. The molecule has 1 unspecified atom stereocenters. The van der Waals surface area contributed by atoms with Gasteiger partial charge in [-0.1, -0.05) is 0 Å². The molecule has 0 saturated heterocycles. The number of allylic oxidation sites excluding steroid dienone is 1. The first-order valence-corrected chi connectivity index (χ1v) is 10.4. The summed E-state index contributed by atoms with van der Waals surface area (Å²) in [6.45, 7) is 4.24. The van der Waals surface area contributed by atoms with Crippen LogP contribution in [0.15, 0.2) is 33.3 Å². The van der Waals surface area contributed by atoms with Gasteiger partial charge in [0.1, 0.15) is 0 Å². The number of thioether (sulfide) groups is 1. The Morgan fingerprint density at radius 3 is 2.43 bits per heavy atom. The van der Waals surface area contributed by atoms with Gasteiger partial charge in [-0.25, -0.2) is 9.59 Å². The van der Waals surface area contributed by atoms with Gasteiger partial charge < -0.3 is 19.7 Å². The predicted molar refractivity (Wildman–Crippen MR) is 110 cm³/mol. The Morgan fingerprint density at radius 1 is 1.25 bits per heavy atom. The first-order valence-electron chi connectivity index (χ1n) is 8.58. The zero-order chi connectivity index (χ0) is 20.8. The monoisotopic (exact) mass is 424 g/mol. The number of esters is 2. The summed E-state index contributed by atoms with van der Waals surface area (Å²) >= 11 is 2.98. The number of aryl methyl sites for hydroxylation is 1.